The monoisotopic (exact) mass is 292 g/mol. The van der Waals surface area contributed by atoms with Crippen molar-refractivity contribution in [2.75, 3.05) is 13.6 Å². The van der Waals surface area contributed by atoms with Crippen molar-refractivity contribution < 1.29 is 0 Å². The molecule has 2 aliphatic rings. The number of aryl methyl sites for hydroxylation is 1. The van der Waals surface area contributed by atoms with E-state index in [1.807, 2.05) is 11.3 Å². The minimum absolute atomic E-state index is 0.719. The Hall–Kier alpha value is -0.380. The second-order valence-corrected chi connectivity index (χ2v) is 7.40. The van der Waals surface area contributed by atoms with Gasteiger partial charge in [0.05, 0.1) is 0 Å². The van der Waals surface area contributed by atoms with Crippen LogP contribution in [0.1, 0.15) is 44.6 Å². The Bertz CT molecular complexity index is 389. The number of nitrogens with one attached hydrogen (secondary N) is 1. The summed E-state index contributed by atoms with van der Waals surface area (Å²) in [5, 5.41) is 8.29. The fourth-order valence-corrected chi connectivity index (χ4v) is 5.01. The molecule has 3 rings (SSSR count). The highest BCUT2D eigenvalue weighted by molar-refractivity contribution is 7.07. The van der Waals surface area contributed by atoms with E-state index in [1.165, 1.54) is 44.1 Å². The Morgan fingerprint density at radius 3 is 2.70 bits per heavy atom. The van der Waals surface area contributed by atoms with Gasteiger partial charge in [-0.25, -0.2) is 0 Å². The zero-order chi connectivity index (χ0) is 13.9. The van der Waals surface area contributed by atoms with Crippen molar-refractivity contribution in [3.63, 3.8) is 0 Å². The minimum Gasteiger partial charge on any atom is -0.314 e. The number of hydrogen-bond donors (Lipinski definition) is 1. The molecular formula is C17H28N2S. The van der Waals surface area contributed by atoms with E-state index in [-0.39, 0.29) is 0 Å². The molecule has 0 aromatic carbocycles. The SMILES string of the molecule is CCNC(CCc1ccsc1)C1CC2CCC(C1)N2C. The van der Waals surface area contributed by atoms with Crippen molar-refractivity contribution in [3.8, 4) is 0 Å². The summed E-state index contributed by atoms with van der Waals surface area (Å²) in [6, 6.07) is 4.73. The molecule has 1 aromatic rings. The first kappa shape index (κ1) is 14.6. The van der Waals surface area contributed by atoms with Gasteiger partial charge in [0.2, 0.25) is 0 Å². The zero-order valence-electron chi connectivity index (χ0n) is 12.8. The summed E-state index contributed by atoms with van der Waals surface area (Å²) in [6.45, 7) is 3.36. The van der Waals surface area contributed by atoms with Gasteiger partial charge >= 0.3 is 0 Å². The summed E-state index contributed by atoms with van der Waals surface area (Å²) in [5.74, 6) is 0.891. The van der Waals surface area contributed by atoms with Gasteiger partial charge in [0.1, 0.15) is 0 Å². The molecule has 3 atom stereocenters. The predicted molar refractivity (Wildman–Crippen MR) is 87.4 cm³/mol. The van der Waals surface area contributed by atoms with E-state index < -0.39 is 0 Å². The van der Waals surface area contributed by atoms with Crippen molar-refractivity contribution in [2.24, 2.45) is 5.92 Å². The van der Waals surface area contributed by atoms with E-state index in [1.54, 1.807) is 0 Å². The quantitative estimate of drug-likeness (QED) is 0.863. The Morgan fingerprint density at radius 1 is 1.35 bits per heavy atom. The molecule has 2 saturated heterocycles. The molecule has 0 radical (unpaired) electrons. The smallest absolute Gasteiger partial charge is 0.00995 e. The Labute approximate surface area is 127 Å². The number of nitrogens with zero attached hydrogens (tertiary/aromatic N) is 1. The molecule has 0 spiro atoms. The van der Waals surface area contributed by atoms with E-state index in [0.29, 0.717) is 0 Å². The van der Waals surface area contributed by atoms with E-state index in [0.717, 1.165) is 30.6 Å². The molecule has 3 heterocycles. The highest BCUT2D eigenvalue weighted by Crippen LogP contribution is 2.39. The fraction of sp³-hybridized carbons (Fsp3) is 0.765. The largest absolute Gasteiger partial charge is 0.314 e. The molecule has 20 heavy (non-hydrogen) atoms. The second-order valence-electron chi connectivity index (χ2n) is 6.62. The average Bonchev–Trinajstić information content (AvgIpc) is 3.01. The van der Waals surface area contributed by atoms with Crippen molar-refractivity contribution in [2.45, 2.75) is 63.6 Å². The molecule has 1 N–H and O–H groups in total. The maximum absolute atomic E-state index is 3.78. The molecule has 2 aliphatic heterocycles. The fourth-order valence-electron chi connectivity index (χ4n) is 4.31. The molecule has 0 saturated carbocycles. The van der Waals surface area contributed by atoms with Gasteiger partial charge in [0, 0.05) is 18.1 Å². The van der Waals surface area contributed by atoms with Gasteiger partial charge in [-0.15, -0.1) is 0 Å². The minimum atomic E-state index is 0.719. The average molecular weight is 292 g/mol. The molecule has 2 fully saturated rings. The Morgan fingerprint density at radius 2 is 2.10 bits per heavy atom. The Kier molecular flexibility index (Phi) is 4.79. The molecule has 1 aromatic heterocycles. The van der Waals surface area contributed by atoms with Crippen LogP contribution in [0.3, 0.4) is 0 Å². The summed E-state index contributed by atoms with van der Waals surface area (Å²) in [5.41, 5.74) is 1.52. The van der Waals surface area contributed by atoms with Crippen molar-refractivity contribution >= 4 is 11.3 Å². The lowest BCUT2D eigenvalue weighted by Crippen LogP contribution is -2.47. The van der Waals surface area contributed by atoms with E-state index in [4.69, 9.17) is 0 Å². The van der Waals surface area contributed by atoms with Gasteiger partial charge in [-0.2, -0.15) is 11.3 Å². The lowest BCUT2D eigenvalue weighted by molar-refractivity contribution is 0.110. The second kappa shape index (κ2) is 6.59. The van der Waals surface area contributed by atoms with Crippen LogP contribution in [0, 0.1) is 5.92 Å². The maximum Gasteiger partial charge on any atom is 0.00995 e. The topological polar surface area (TPSA) is 15.3 Å². The van der Waals surface area contributed by atoms with E-state index in [2.05, 4.69) is 41.0 Å². The third-order valence-corrected chi connectivity index (χ3v) is 6.23. The van der Waals surface area contributed by atoms with Gasteiger partial charge in [0.25, 0.3) is 0 Å². The molecule has 2 nitrogen and oxygen atoms in total. The molecule has 112 valence electrons. The molecular weight excluding hydrogens is 264 g/mol. The summed E-state index contributed by atoms with van der Waals surface area (Å²) >= 11 is 1.82. The van der Waals surface area contributed by atoms with E-state index in [9.17, 15) is 0 Å². The standard InChI is InChI=1S/C17H28N2S/c1-3-18-17(7-4-13-8-9-20-12-13)14-10-15-5-6-16(11-14)19(15)2/h8-9,12,14-18H,3-7,10-11H2,1-2H3. The first-order chi connectivity index (χ1) is 9.78. The maximum atomic E-state index is 3.78. The molecule has 3 unspecified atom stereocenters. The molecule has 2 bridgehead atoms. The third kappa shape index (κ3) is 3.10. The number of fused-ring (bicyclic) bond motifs is 2. The van der Waals surface area contributed by atoms with Crippen molar-refractivity contribution in [1.29, 1.82) is 0 Å². The van der Waals surface area contributed by atoms with Crippen LogP contribution in [-0.4, -0.2) is 36.6 Å². The Balaban J connectivity index is 1.59. The van der Waals surface area contributed by atoms with Crippen molar-refractivity contribution in [3.05, 3.63) is 22.4 Å². The van der Waals surface area contributed by atoms with Gasteiger partial charge in [0.15, 0.2) is 0 Å². The molecule has 0 aliphatic carbocycles. The third-order valence-electron chi connectivity index (χ3n) is 5.49. The van der Waals surface area contributed by atoms with Crippen LogP contribution >= 0.6 is 11.3 Å². The van der Waals surface area contributed by atoms with Crippen LogP contribution in [0.25, 0.3) is 0 Å². The summed E-state index contributed by atoms with van der Waals surface area (Å²) in [6.07, 6.45) is 8.23. The zero-order valence-corrected chi connectivity index (χ0v) is 13.7. The lowest BCUT2D eigenvalue weighted by Gasteiger charge is -2.40. The predicted octanol–water partition coefficient (Wildman–Crippen LogP) is 3.53. The van der Waals surface area contributed by atoms with Gasteiger partial charge in [-0.3, -0.25) is 0 Å². The number of hydrogen-bond acceptors (Lipinski definition) is 3. The van der Waals surface area contributed by atoms with Gasteiger partial charge < -0.3 is 10.2 Å². The first-order valence-electron chi connectivity index (χ1n) is 8.24. The number of thiophene rings is 1. The van der Waals surface area contributed by atoms with Crippen LogP contribution in [0.2, 0.25) is 0 Å². The molecule has 0 amide bonds. The number of piperidine rings is 1. The lowest BCUT2D eigenvalue weighted by atomic mass is 9.83. The highest BCUT2D eigenvalue weighted by atomic mass is 32.1. The molecule has 3 heteroatoms. The van der Waals surface area contributed by atoms with Crippen LogP contribution in [0.15, 0.2) is 16.8 Å². The van der Waals surface area contributed by atoms with Gasteiger partial charge in [-0.05, 0) is 80.4 Å². The van der Waals surface area contributed by atoms with Crippen LogP contribution in [-0.2, 0) is 6.42 Å². The summed E-state index contributed by atoms with van der Waals surface area (Å²) in [4.78, 5) is 2.65. The van der Waals surface area contributed by atoms with Crippen molar-refractivity contribution in [1.82, 2.24) is 10.2 Å². The van der Waals surface area contributed by atoms with E-state index >= 15 is 0 Å². The van der Waals surface area contributed by atoms with Gasteiger partial charge in [-0.1, -0.05) is 6.92 Å². The summed E-state index contributed by atoms with van der Waals surface area (Å²) < 4.78 is 0. The highest BCUT2D eigenvalue weighted by Gasteiger charge is 2.40. The normalized spacial score (nSPS) is 31.6. The first-order valence-corrected chi connectivity index (χ1v) is 9.18. The van der Waals surface area contributed by atoms with Crippen LogP contribution < -0.4 is 5.32 Å². The number of rotatable bonds is 6. The summed E-state index contributed by atoms with van der Waals surface area (Å²) in [7, 11) is 2.34. The van der Waals surface area contributed by atoms with Crippen LogP contribution in [0.4, 0.5) is 0 Å². The van der Waals surface area contributed by atoms with Crippen LogP contribution in [0.5, 0.6) is 0 Å².